The molecule has 0 aromatic heterocycles. The molecule has 1 spiro atoms. The zero-order chi connectivity index (χ0) is 14.5. The Bertz CT molecular complexity index is 437. The average molecular weight is 307 g/mol. The number of nitrogens with one attached hydrogen (secondary N) is 1. The number of thioether (sulfide) groups is 1. The first kappa shape index (κ1) is 15.3. The lowest BCUT2D eigenvalue weighted by Gasteiger charge is -2.43. The van der Waals surface area contributed by atoms with Gasteiger partial charge in [-0.3, -0.25) is 0 Å². The van der Waals surface area contributed by atoms with E-state index in [0.717, 1.165) is 45.6 Å². The molecular weight excluding hydrogens is 282 g/mol. The van der Waals surface area contributed by atoms with E-state index in [4.69, 9.17) is 9.47 Å². The van der Waals surface area contributed by atoms with Gasteiger partial charge in [-0.05, 0) is 50.4 Å². The third-order valence-electron chi connectivity index (χ3n) is 4.46. The van der Waals surface area contributed by atoms with Crippen LogP contribution in [0.2, 0.25) is 0 Å². The normalized spacial score (nSPS) is 25.1. The van der Waals surface area contributed by atoms with E-state index in [-0.39, 0.29) is 5.60 Å². The van der Waals surface area contributed by atoms with Gasteiger partial charge in [-0.15, -0.1) is 11.8 Å². The summed E-state index contributed by atoms with van der Waals surface area (Å²) in [5.41, 5.74) is 1.44. The molecule has 1 aromatic rings. The van der Waals surface area contributed by atoms with E-state index >= 15 is 0 Å². The maximum atomic E-state index is 6.12. The molecule has 1 N–H and O–H groups in total. The first-order chi connectivity index (χ1) is 10.3. The summed E-state index contributed by atoms with van der Waals surface area (Å²) >= 11 is 2.02. The second kappa shape index (κ2) is 7.14. The number of hydrogen-bond donors (Lipinski definition) is 1. The Morgan fingerprint density at radius 3 is 2.67 bits per heavy atom. The third kappa shape index (κ3) is 4.01. The van der Waals surface area contributed by atoms with Gasteiger partial charge in [0.25, 0.3) is 0 Å². The lowest BCUT2D eigenvalue weighted by molar-refractivity contribution is -0.131. The highest BCUT2D eigenvalue weighted by Gasteiger charge is 2.39. The van der Waals surface area contributed by atoms with Crippen LogP contribution in [0.1, 0.15) is 31.2 Å². The van der Waals surface area contributed by atoms with Gasteiger partial charge in [-0.25, -0.2) is 0 Å². The Labute approximate surface area is 131 Å². The molecule has 116 valence electrons. The first-order valence-electron chi connectivity index (χ1n) is 7.92. The Morgan fingerprint density at radius 1 is 1.19 bits per heavy atom. The van der Waals surface area contributed by atoms with E-state index in [0.29, 0.717) is 5.25 Å². The third-order valence-corrected chi connectivity index (χ3v) is 5.74. The van der Waals surface area contributed by atoms with Crippen molar-refractivity contribution in [3.8, 4) is 0 Å². The van der Waals surface area contributed by atoms with Crippen LogP contribution in [0.4, 0.5) is 0 Å². The Kier molecular flexibility index (Phi) is 5.22. The van der Waals surface area contributed by atoms with Crippen LogP contribution in [0.25, 0.3) is 0 Å². The first-order valence-corrected chi connectivity index (χ1v) is 8.80. The number of rotatable bonds is 4. The smallest absolute Gasteiger partial charge is 0.0737 e. The van der Waals surface area contributed by atoms with Gasteiger partial charge in [0.2, 0.25) is 0 Å². The van der Waals surface area contributed by atoms with E-state index in [2.05, 4.69) is 29.6 Å². The molecule has 0 amide bonds. The van der Waals surface area contributed by atoms with Crippen molar-refractivity contribution in [3.05, 3.63) is 29.8 Å². The zero-order valence-electron chi connectivity index (χ0n) is 12.8. The summed E-state index contributed by atoms with van der Waals surface area (Å²) in [5, 5.41) is 3.86. The quantitative estimate of drug-likeness (QED) is 0.925. The topological polar surface area (TPSA) is 30.5 Å². The Balaban J connectivity index is 1.59. The molecule has 2 heterocycles. The van der Waals surface area contributed by atoms with Crippen LogP contribution in [0, 0.1) is 0 Å². The van der Waals surface area contributed by atoms with Crippen LogP contribution in [0.3, 0.4) is 0 Å². The monoisotopic (exact) mass is 307 g/mol. The zero-order valence-corrected chi connectivity index (χ0v) is 13.6. The fourth-order valence-corrected chi connectivity index (χ4v) is 4.54. The molecule has 3 rings (SSSR count). The highest BCUT2D eigenvalue weighted by atomic mass is 32.2. The Hall–Kier alpha value is -0.550. The molecule has 4 heteroatoms. The molecule has 0 radical (unpaired) electrons. The molecule has 1 atom stereocenters. The van der Waals surface area contributed by atoms with Crippen LogP contribution >= 0.6 is 11.8 Å². The van der Waals surface area contributed by atoms with Crippen molar-refractivity contribution in [2.45, 2.75) is 48.0 Å². The van der Waals surface area contributed by atoms with Crippen LogP contribution in [0.5, 0.6) is 0 Å². The van der Waals surface area contributed by atoms with Gasteiger partial charge >= 0.3 is 0 Å². The molecule has 1 unspecified atom stereocenters. The Morgan fingerprint density at radius 2 is 1.95 bits per heavy atom. The van der Waals surface area contributed by atoms with Gasteiger partial charge in [0.1, 0.15) is 0 Å². The number of ether oxygens (including phenoxy) is 2. The van der Waals surface area contributed by atoms with Crippen molar-refractivity contribution in [2.24, 2.45) is 0 Å². The summed E-state index contributed by atoms with van der Waals surface area (Å²) < 4.78 is 11.6. The van der Waals surface area contributed by atoms with Crippen molar-refractivity contribution < 1.29 is 9.47 Å². The van der Waals surface area contributed by atoms with Crippen LogP contribution in [0.15, 0.2) is 29.2 Å². The lowest BCUT2D eigenvalue weighted by atomic mass is 9.86. The minimum Gasteiger partial charge on any atom is -0.381 e. The summed E-state index contributed by atoms with van der Waals surface area (Å²) in [4.78, 5) is 1.38. The lowest BCUT2D eigenvalue weighted by Crippen LogP contribution is -2.45. The molecule has 0 aliphatic carbocycles. The largest absolute Gasteiger partial charge is 0.381 e. The van der Waals surface area contributed by atoms with E-state index in [1.54, 1.807) is 0 Å². The van der Waals surface area contributed by atoms with Gasteiger partial charge in [0.05, 0.1) is 5.60 Å². The summed E-state index contributed by atoms with van der Waals surface area (Å²) in [6, 6.07) is 8.96. The summed E-state index contributed by atoms with van der Waals surface area (Å²) in [6.45, 7) is 3.55. The molecule has 0 saturated carbocycles. The van der Waals surface area contributed by atoms with E-state index in [1.807, 2.05) is 18.8 Å². The van der Waals surface area contributed by atoms with E-state index in [1.165, 1.54) is 16.9 Å². The maximum absolute atomic E-state index is 6.12. The summed E-state index contributed by atoms with van der Waals surface area (Å²) in [7, 11) is 1.98. The second-order valence-electron chi connectivity index (χ2n) is 6.05. The highest BCUT2D eigenvalue weighted by Crippen LogP contribution is 2.40. The molecule has 2 saturated heterocycles. The second-order valence-corrected chi connectivity index (χ2v) is 7.42. The minimum absolute atomic E-state index is 0.0975. The molecule has 2 fully saturated rings. The van der Waals surface area contributed by atoms with Crippen molar-refractivity contribution in [1.82, 2.24) is 5.32 Å². The standard InChI is InChI=1S/C17H25NO2S/c1-18-13-14-2-4-15(5-3-14)21-16-6-9-20-17(12-16)7-10-19-11-8-17/h2-5,16,18H,6-13H2,1H3. The summed E-state index contributed by atoms with van der Waals surface area (Å²) in [5.74, 6) is 0. The van der Waals surface area contributed by atoms with Gasteiger partial charge in [0, 0.05) is 36.5 Å². The highest BCUT2D eigenvalue weighted by molar-refractivity contribution is 8.00. The van der Waals surface area contributed by atoms with E-state index in [9.17, 15) is 0 Å². The van der Waals surface area contributed by atoms with Gasteiger partial charge < -0.3 is 14.8 Å². The predicted octanol–water partition coefficient (Wildman–Crippen LogP) is 3.23. The van der Waals surface area contributed by atoms with Crippen LogP contribution in [-0.4, -0.2) is 37.7 Å². The molecule has 0 bridgehead atoms. The molecule has 3 nitrogen and oxygen atoms in total. The predicted molar refractivity (Wildman–Crippen MR) is 86.8 cm³/mol. The molecule has 21 heavy (non-hydrogen) atoms. The molecular formula is C17H25NO2S. The van der Waals surface area contributed by atoms with Crippen molar-refractivity contribution in [2.75, 3.05) is 26.9 Å². The van der Waals surface area contributed by atoms with Crippen molar-refractivity contribution in [1.29, 1.82) is 0 Å². The van der Waals surface area contributed by atoms with E-state index < -0.39 is 0 Å². The van der Waals surface area contributed by atoms with Gasteiger partial charge in [-0.2, -0.15) is 0 Å². The fourth-order valence-electron chi connectivity index (χ4n) is 3.26. The van der Waals surface area contributed by atoms with Crippen LogP contribution < -0.4 is 5.32 Å². The van der Waals surface area contributed by atoms with Gasteiger partial charge in [0.15, 0.2) is 0 Å². The van der Waals surface area contributed by atoms with Crippen LogP contribution in [-0.2, 0) is 16.0 Å². The van der Waals surface area contributed by atoms with Crippen molar-refractivity contribution >= 4 is 11.8 Å². The van der Waals surface area contributed by atoms with Gasteiger partial charge in [-0.1, -0.05) is 12.1 Å². The molecule has 2 aliphatic rings. The summed E-state index contributed by atoms with van der Waals surface area (Å²) in [6.07, 6.45) is 4.45. The number of hydrogen-bond acceptors (Lipinski definition) is 4. The maximum Gasteiger partial charge on any atom is 0.0737 e. The molecule has 2 aliphatic heterocycles. The number of benzene rings is 1. The molecule has 1 aromatic carbocycles. The minimum atomic E-state index is 0.0975. The SMILES string of the molecule is CNCc1ccc(SC2CCOC3(CCOCC3)C2)cc1. The average Bonchev–Trinajstić information content (AvgIpc) is 2.50. The van der Waals surface area contributed by atoms with Crippen molar-refractivity contribution in [3.63, 3.8) is 0 Å². The fraction of sp³-hybridized carbons (Fsp3) is 0.647.